The first kappa shape index (κ1) is 15.7. The molecule has 0 bridgehead atoms. The normalized spacial score (nSPS) is 14.7. The third kappa shape index (κ3) is 3.44. The number of hydrogen-bond donors (Lipinski definition) is 0. The van der Waals surface area contributed by atoms with Crippen LogP contribution < -0.4 is 0 Å². The van der Waals surface area contributed by atoms with Crippen LogP contribution in [0.3, 0.4) is 0 Å². The topological polar surface area (TPSA) is 51.0 Å². The molecule has 3 rings (SSSR count). The Balaban J connectivity index is 1.69. The first-order valence-corrected chi connectivity index (χ1v) is 8.31. The number of amides is 1. The molecule has 1 aromatic carbocycles. The van der Waals surface area contributed by atoms with Gasteiger partial charge in [-0.1, -0.05) is 26.0 Å². The third-order valence-electron chi connectivity index (χ3n) is 4.34. The Bertz CT molecular complexity index is 688. The van der Waals surface area contributed by atoms with Crippen molar-refractivity contribution in [1.82, 2.24) is 19.7 Å². The smallest absolute Gasteiger partial charge is 0.253 e. The van der Waals surface area contributed by atoms with Gasteiger partial charge in [-0.3, -0.25) is 4.79 Å². The summed E-state index contributed by atoms with van der Waals surface area (Å²) in [6, 6.07) is 8.06. The maximum atomic E-state index is 12.7. The van der Waals surface area contributed by atoms with Crippen molar-refractivity contribution in [2.45, 2.75) is 40.2 Å². The number of benzene rings is 1. The van der Waals surface area contributed by atoms with Gasteiger partial charge in [-0.15, -0.1) is 10.2 Å². The number of rotatable bonds is 3. The number of fused-ring (bicyclic) bond motifs is 1. The molecule has 2 aromatic rings. The van der Waals surface area contributed by atoms with Crippen LogP contribution in [0.25, 0.3) is 0 Å². The molecule has 122 valence electrons. The molecule has 1 aliphatic heterocycles. The molecule has 5 heteroatoms. The Hall–Kier alpha value is -2.17. The fourth-order valence-corrected chi connectivity index (χ4v) is 3.11. The summed E-state index contributed by atoms with van der Waals surface area (Å²) in [7, 11) is 0. The maximum Gasteiger partial charge on any atom is 0.253 e. The molecular weight excluding hydrogens is 288 g/mol. The van der Waals surface area contributed by atoms with Gasteiger partial charge in [-0.2, -0.15) is 0 Å². The summed E-state index contributed by atoms with van der Waals surface area (Å²) >= 11 is 0. The zero-order valence-electron chi connectivity index (χ0n) is 14.1. The average molecular weight is 312 g/mol. The molecule has 0 radical (unpaired) electrons. The quantitative estimate of drug-likeness (QED) is 0.875. The van der Waals surface area contributed by atoms with E-state index in [9.17, 15) is 4.79 Å². The Morgan fingerprint density at radius 3 is 2.57 bits per heavy atom. The van der Waals surface area contributed by atoms with E-state index in [1.165, 1.54) is 5.56 Å². The van der Waals surface area contributed by atoms with Crippen LogP contribution in [0.4, 0.5) is 0 Å². The monoisotopic (exact) mass is 312 g/mol. The average Bonchev–Trinajstić information content (AvgIpc) is 2.75. The minimum Gasteiger partial charge on any atom is -0.336 e. The highest BCUT2D eigenvalue weighted by atomic mass is 16.2. The zero-order valence-corrected chi connectivity index (χ0v) is 14.1. The van der Waals surface area contributed by atoms with E-state index in [0.29, 0.717) is 19.0 Å². The Morgan fingerprint density at radius 1 is 1.13 bits per heavy atom. The van der Waals surface area contributed by atoms with Gasteiger partial charge in [0.2, 0.25) is 0 Å². The Kier molecular flexibility index (Phi) is 4.46. The molecule has 1 aliphatic rings. The highest BCUT2D eigenvalue weighted by molar-refractivity contribution is 5.94. The van der Waals surface area contributed by atoms with Crippen LogP contribution >= 0.6 is 0 Å². The van der Waals surface area contributed by atoms with Crippen LogP contribution in [-0.2, 0) is 19.4 Å². The molecule has 0 fully saturated rings. The molecule has 0 aliphatic carbocycles. The molecule has 1 aromatic heterocycles. The molecule has 5 nitrogen and oxygen atoms in total. The number of aromatic nitrogens is 3. The second-order valence-corrected chi connectivity index (χ2v) is 6.65. The van der Waals surface area contributed by atoms with E-state index in [4.69, 9.17) is 0 Å². The lowest BCUT2D eigenvalue weighted by Gasteiger charge is -2.20. The molecule has 0 spiro atoms. The SMILES string of the molecule is Cc1nnc2n1CCN(C(=O)c1ccc(CC(C)C)cc1)CC2. The number of carbonyl (C=O) groups is 1. The summed E-state index contributed by atoms with van der Waals surface area (Å²) < 4.78 is 2.11. The maximum absolute atomic E-state index is 12.7. The zero-order chi connectivity index (χ0) is 16.4. The molecule has 0 N–H and O–H groups in total. The van der Waals surface area contributed by atoms with Gasteiger partial charge in [0.05, 0.1) is 0 Å². The lowest BCUT2D eigenvalue weighted by molar-refractivity contribution is 0.0758. The highest BCUT2D eigenvalue weighted by Crippen LogP contribution is 2.14. The van der Waals surface area contributed by atoms with Gasteiger partial charge in [-0.25, -0.2) is 0 Å². The van der Waals surface area contributed by atoms with Crippen LogP contribution in [0.15, 0.2) is 24.3 Å². The van der Waals surface area contributed by atoms with Crippen molar-refractivity contribution in [3.63, 3.8) is 0 Å². The van der Waals surface area contributed by atoms with E-state index in [1.807, 2.05) is 24.0 Å². The van der Waals surface area contributed by atoms with Crippen molar-refractivity contribution in [2.75, 3.05) is 13.1 Å². The second-order valence-electron chi connectivity index (χ2n) is 6.65. The summed E-state index contributed by atoms with van der Waals surface area (Å²) in [6.45, 7) is 8.54. The van der Waals surface area contributed by atoms with Crippen LogP contribution in [-0.4, -0.2) is 38.7 Å². The van der Waals surface area contributed by atoms with E-state index in [1.54, 1.807) is 0 Å². The van der Waals surface area contributed by atoms with E-state index >= 15 is 0 Å². The van der Waals surface area contributed by atoms with Gasteiger partial charge < -0.3 is 9.47 Å². The van der Waals surface area contributed by atoms with Gasteiger partial charge in [0.15, 0.2) is 0 Å². The predicted molar refractivity (Wildman–Crippen MR) is 89.4 cm³/mol. The van der Waals surface area contributed by atoms with Crippen LogP contribution in [0.5, 0.6) is 0 Å². The predicted octanol–water partition coefficient (Wildman–Crippen LogP) is 2.48. The molecule has 0 atom stereocenters. The largest absolute Gasteiger partial charge is 0.336 e. The molecule has 0 saturated carbocycles. The number of nitrogens with zero attached hydrogens (tertiary/aromatic N) is 4. The fourth-order valence-electron chi connectivity index (χ4n) is 3.11. The molecule has 0 unspecified atom stereocenters. The van der Waals surface area contributed by atoms with Gasteiger partial charge in [0, 0.05) is 31.6 Å². The number of aryl methyl sites for hydroxylation is 1. The van der Waals surface area contributed by atoms with E-state index in [-0.39, 0.29) is 5.91 Å². The number of hydrogen-bond acceptors (Lipinski definition) is 3. The van der Waals surface area contributed by atoms with Gasteiger partial charge in [0.25, 0.3) is 5.91 Å². The Morgan fingerprint density at radius 2 is 1.87 bits per heavy atom. The van der Waals surface area contributed by atoms with E-state index < -0.39 is 0 Å². The highest BCUT2D eigenvalue weighted by Gasteiger charge is 2.21. The third-order valence-corrected chi connectivity index (χ3v) is 4.34. The molecule has 23 heavy (non-hydrogen) atoms. The summed E-state index contributed by atoms with van der Waals surface area (Å²) in [6.07, 6.45) is 1.81. The van der Waals surface area contributed by atoms with Crippen molar-refractivity contribution in [1.29, 1.82) is 0 Å². The van der Waals surface area contributed by atoms with Gasteiger partial charge >= 0.3 is 0 Å². The minimum absolute atomic E-state index is 0.109. The second kappa shape index (κ2) is 6.52. The Labute approximate surface area is 137 Å². The molecule has 0 saturated heterocycles. The fraction of sp³-hybridized carbons (Fsp3) is 0.500. The summed E-state index contributed by atoms with van der Waals surface area (Å²) in [5.41, 5.74) is 2.06. The first-order valence-electron chi connectivity index (χ1n) is 8.31. The minimum atomic E-state index is 0.109. The van der Waals surface area contributed by atoms with E-state index in [2.05, 4.69) is 40.7 Å². The number of carbonyl (C=O) groups excluding carboxylic acids is 1. The van der Waals surface area contributed by atoms with Crippen molar-refractivity contribution >= 4 is 5.91 Å². The molecule has 1 amide bonds. The summed E-state index contributed by atoms with van der Waals surface area (Å²) in [4.78, 5) is 14.6. The van der Waals surface area contributed by atoms with Crippen molar-refractivity contribution < 1.29 is 4.79 Å². The lowest BCUT2D eigenvalue weighted by Crippen LogP contribution is -2.33. The summed E-state index contributed by atoms with van der Waals surface area (Å²) in [5, 5.41) is 8.31. The van der Waals surface area contributed by atoms with Crippen molar-refractivity contribution in [3.05, 3.63) is 47.0 Å². The van der Waals surface area contributed by atoms with Crippen molar-refractivity contribution in [3.8, 4) is 0 Å². The lowest BCUT2D eigenvalue weighted by atomic mass is 10.0. The van der Waals surface area contributed by atoms with E-state index in [0.717, 1.165) is 36.6 Å². The van der Waals surface area contributed by atoms with Gasteiger partial charge in [0.1, 0.15) is 11.6 Å². The van der Waals surface area contributed by atoms with Gasteiger partial charge in [-0.05, 0) is 37.0 Å². The standard InChI is InChI=1S/C18H24N4O/c1-13(2)12-15-4-6-16(7-5-15)18(23)21-9-8-17-20-19-14(3)22(17)11-10-21/h4-7,13H,8-12H2,1-3H3. The summed E-state index contributed by atoms with van der Waals surface area (Å²) in [5.74, 6) is 2.64. The molecule has 2 heterocycles. The van der Waals surface area contributed by atoms with Crippen molar-refractivity contribution in [2.24, 2.45) is 5.92 Å². The molecular formula is C18H24N4O. The van der Waals surface area contributed by atoms with Crippen LogP contribution in [0.2, 0.25) is 0 Å². The van der Waals surface area contributed by atoms with Crippen LogP contribution in [0.1, 0.15) is 41.4 Å². The van der Waals surface area contributed by atoms with Crippen LogP contribution in [0, 0.1) is 12.8 Å². The first-order chi connectivity index (χ1) is 11.0.